The van der Waals surface area contributed by atoms with Gasteiger partial charge < -0.3 is 10.3 Å². The monoisotopic (exact) mass is 276 g/mol. The number of hydrogen-bond acceptors (Lipinski definition) is 3. The molecular weight excluding hydrogens is 264 g/mol. The van der Waals surface area contributed by atoms with E-state index in [0.717, 1.165) is 10.9 Å². The van der Waals surface area contributed by atoms with E-state index in [-0.39, 0.29) is 11.6 Å². The Hall–Kier alpha value is -2.88. The zero-order valence-electron chi connectivity index (χ0n) is 11.4. The fraction of sp³-hybridized carbons (Fsp3) is 0.0588. The SMILES string of the molecule is Cn1c2c(c3ccccc31)C(=O)c1ccc(N)cc1C2=O. The van der Waals surface area contributed by atoms with Crippen LogP contribution in [-0.4, -0.2) is 16.1 Å². The van der Waals surface area contributed by atoms with E-state index in [1.807, 2.05) is 31.3 Å². The smallest absolute Gasteiger partial charge is 0.210 e. The molecule has 4 nitrogen and oxygen atoms in total. The fourth-order valence-corrected chi connectivity index (χ4v) is 3.10. The normalized spacial score (nSPS) is 13.4. The van der Waals surface area contributed by atoms with Crippen molar-refractivity contribution in [2.75, 3.05) is 5.73 Å². The number of para-hydroxylation sites is 1. The number of nitrogens with zero attached hydrogens (tertiary/aromatic N) is 1. The molecule has 0 aliphatic heterocycles. The van der Waals surface area contributed by atoms with Crippen molar-refractivity contribution in [3.8, 4) is 0 Å². The van der Waals surface area contributed by atoms with Crippen LogP contribution in [0.5, 0.6) is 0 Å². The molecule has 4 rings (SSSR count). The van der Waals surface area contributed by atoms with Crippen LogP contribution in [0, 0.1) is 0 Å². The minimum atomic E-state index is -0.148. The lowest BCUT2D eigenvalue weighted by atomic mass is 9.86. The Labute approximate surface area is 120 Å². The number of anilines is 1. The van der Waals surface area contributed by atoms with Gasteiger partial charge >= 0.3 is 0 Å². The van der Waals surface area contributed by atoms with Crippen LogP contribution >= 0.6 is 0 Å². The molecule has 1 aromatic heterocycles. The number of hydrogen-bond donors (Lipinski definition) is 1. The summed E-state index contributed by atoms with van der Waals surface area (Å²) in [6, 6.07) is 12.4. The molecule has 0 saturated heterocycles. The predicted octanol–water partition coefficient (Wildman–Crippen LogP) is 2.54. The van der Waals surface area contributed by atoms with Gasteiger partial charge in [0.05, 0.1) is 5.56 Å². The van der Waals surface area contributed by atoms with Crippen LogP contribution in [0.3, 0.4) is 0 Å². The predicted molar refractivity (Wildman–Crippen MR) is 80.6 cm³/mol. The molecule has 0 saturated carbocycles. The molecule has 0 fully saturated rings. The first kappa shape index (κ1) is 11.9. The van der Waals surface area contributed by atoms with Crippen molar-refractivity contribution in [1.82, 2.24) is 4.57 Å². The van der Waals surface area contributed by atoms with Crippen molar-refractivity contribution in [1.29, 1.82) is 0 Å². The van der Waals surface area contributed by atoms with Crippen LogP contribution in [-0.2, 0) is 7.05 Å². The van der Waals surface area contributed by atoms with Gasteiger partial charge in [-0.3, -0.25) is 9.59 Å². The molecule has 0 bridgehead atoms. The molecule has 0 amide bonds. The molecule has 0 unspecified atom stereocenters. The maximum atomic E-state index is 12.8. The third-order valence-electron chi connectivity index (χ3n) is 4.08. The third-order valence-corrected chi connectivity index (χ3v) is 4.08. The summed E-state index contributed by atoms with van der Waals surface area (Å²) in [6.45, 7) is 0. The fourth-order valence-electron chi connectivity index (χ4n) is 3.10. The molecule has 1 aliphatic rings. The molecule has 4 heteroatoms. The number of rotatable bonds is 0. The van der Waals surface area contributed by atoms with Gasteiger partial charge in [-0.1, -0.05) is 18.2 Å². The Morgan fingerprint density at radius 2 is 1.71 bits per heavy atom. The molecule has 2 N–H and O–H groups in total. The zero-order chi connectivity index (χ0) is 14.7. The summed E-state index contributed by atoms with van der Waals surface area (Å²) in [6.07, 6.45) is 0. The van der Waals surface area contributed by atoms with E-state index >= 15 is 0 Å². The number of carbonyl (C=O) groups is 2. The summed E-state index contributed by atoms with van der Waals surface area (Å²) < 4.78 is 1.79. The average Bonchev–Trinajstić information content (AvgIpc) is 2.79. The minimum absolute atomic E-state index is 0.114. The third kappa shape index (κ3) is 1.39. The quantitative estimate of drug-likeness (QED) is 0.502. The number of benzene rings is 2. The van der Waals surface area contributed by atoms with E-state index in [9.17, 15) is 9.59 Å². The van der Waals surface area contributed by atoms with Crippen LogP contribution in [0.1, 0.15) is 32.0 Å². The topological polar surface area (TPSA) is 65.1 Å². The van der Waals surface area contributed by atoms with Crippen molar-refractivity contribution in [2.45, 2.75) is 0 Å². The highest BCUT2D eigenvalue weighted by Crippen LogP contribution is 2.34. The van der Waals surface area contributed by atoms with Gasteiger partial charge in [-0.2, -0.15) is 0 Å². The van der Waals surface area contributed by atoms with Crippen LogP contribution in [0.2, 0.25) is 0 Å². The summed E-state index contributed by atoms with van der Waals surface area (Å²) in [5.41, 5.74) is 8.87. The first-order chi connectivity index (χ1) is 10.1. The maximum absolute atomic E-state index is 12.8. The lowest BCUT2D eigenvalue weighted by molar-refractivity contribution is 0.0975. The first-order valence-electron chi connectivity index (χ1n) is 6.66. The van der Waals surface area contributed by atoms with E-state index in [1.54, 1.807) is 22.8 Å². The van der Waals surface area contributed by atoms with Gasteiger partial charge in [0.1, 0.15) is 5.69 Å². The van der Waals surface area contributed by atoms with Crippen molar-refractivity contribution >= 4 is 28.2 Å². The Kier molecular flexibility index (Phi) is 2.17. The van der Waals surface area contributed by atoms with Gasteiger partial charge in [0.15, 0.2) is 5.78 Å². The van der Waals surface area contributed by atoms with E-state index < -0.39 is 0 Å². The minimum Gasteiger partial charge on any atom is -0.399 e. The van der Waals surface area contributed by atoms with Gasteiger partial charge in [-0.05, 0) is 24.3 Å². The van der Waals surface area contributed by atoms with E-state index in [1.165, 1.54) is 0 Å². The second kappa shape index (κ2) is 3.82. The molecule has 2 aromatic carbocycles. The summed E-state index contributed by atoms with van der Waals surface area (Å²) >= 11 is 0. The molecule has 1 aliphatic carbocycles. The summed E-state index contributed by atoms with van der Waals surface area (Å²) in [4.78, 5) is 25.6. The second-order valence-electron chi connectivity index (χ2n) is 5.26. The molecule has 102 valence electrons. The summed E-state index contributed by atoms with van der Waals surface area (Å²) in [7, 11) is 1.81. The van der Waals surface area contributed by atoms with Crippen LogP contribution < -0.4 is 5.73 Å². The maximum Gasteiger partial charge on any atom is 0.210 e. The largest absolute Gasteiger partial charge is 0.399 e. The molecule has 1 heterocycles. The molecular formula is C17H12N2O2. The van der Waals surface area contributed by atoms with Crippen molar-refractivity contribution in [2.24, 2.45) is 7.05 Å². The number of ketones is 2. The average molecular weight is 276 g/mol. The number of fused-ring (bicyclic) bond motifs is 4. The lowest BCUT2D eigenvalue weighted by Gasteiger charge is -2.16. The van der Waals surface area contributed by atoms with Gasteiger partial charge in [0.25, 0.3) is 0 Å². The summed E-state index contributed by atoms with van der Waals surface area (Å²) in [5.74, 6) is -0.262. The number of carbonyl (C=O) groups excluding carboxylic acids is 2. The molecule has 21 heavy (non-hydrogen) atoms. The zero-order valence-corrected chi connectivity index (χ0v) is 11.4. The van der Waals surface area contributed by atoms with Gasteiger partial charge in [-0.15, -0.1) is 0 Å². The van der Waals surface area contributed by atoms with Crippen LogP contribution in [0.15, 0.2) is 42.5 Å². The van der Waals surface area contributed by atoms with E-state index in [0.29, 0.717) is 28.1 Å². The molecule has 0 atom stereocenters. The highest BCUT2D eigenvalue weighted by atomic mass is 16.1. The number of nitrogen functional groups attached to an aromatic ring is 1. The van der Waals surface area contributed by atoms with Gasteiger partial charge in [0, 0.05) is 34.8 Å². The van der Waals surface area contributed by atoms with Crippen molar-refractivity contribution < 1.29 is 9.59 Å². The molecule has 0 spiro atoms. The van der Waals surface area contributed by atoms with Gasteiger partial charge in [0.2, 0.25) is 5.78 Å². The molecule has 3 aromatic rings. The van der Waals surface area contributed by atoms with E-state index in [4.69, 9.17) is 5.73 Å². The molecule has 0 radical (unpaired) electrons. The van der Waals surface area contributed by atoms with Crippen LogP contribution in [0.25, 0.3) is 10.9 Å². The Morgan fingerprint density at radius 3 is 2.52 bits per heavy atom. The number of aryl methyl sites for hydroxylation is 1. The van der Waals surface area contributed by atoms with Crippen LogP contribution in [0.4, 0.5) is 5.69 Å². The lowest BCUT2D eigenvalue weighted by Crippen LogP contribution is -2.22. The Morgan fingerprint density at radius 1 is 0.952 bits per heavy atom. The number of aromatic nitrogens is 1. The van der Waals surface area contributed by atoms with Gasteiger partial charge in [-0.25, -0.2) is 0 Å². The highest BCUT2D eigenvalue weighted by Gasteiger charge is 2.34. The summed E-state index contributed by atoms with van der Waals surface area (Å²) in [5, 5.41) is 0.816. The second-order valence-corrected chi connectivity index (χ2v) is 5.26. The number of nitrogens with two attached hydrogens (primary N) is 1. The first-order valence-corrected chi connectivity index (χ1v) is 6.66. The highest BCUT2D eigenvalue weighted by molar-refractivity contribution is 6.32. The Balaban J connectivity index is 2.15. The van der Waals surface area contributed by atoms with E-state index in [2.05, 4.69) is 0 Å². The standard InChI is InChI=1S/C17H12N2O2/c1-19-13-5-3-2-4-11(13)14-15(19)17(21)12-8-9(18)6-7-10(12)16(14)20/h2-8H,18H2,1H3. The Bertz CT molecular complexity index is 951. The van der Waals surface area contributed by atoms with Crippen molar-refractivity contribution in [3.05, 3.63) is 64.8 Å². The van der Waals surface area contributed by atoms with Crippen molar-refractivity contribution in [3.63, 3.8) is 0 Å².